The Bertz CT molecular complexity index is 904. The Hall–Kier alpha value is -1.79. The van der Waals surface area contributed by atoms with Gasteiger partial charge in [0.1, 0.15) is 0 Å². The summed E-state index contributed by atoms with van der Waals surface area (Å²) in [7, 11) is 2.10. The molecule has 1 N–H and O–H groups in total. The highest BCUT2D eigenvalue weighted by Gasteiger charge is 2.27. The molecule has 2 aliphatic heterocycles. The lowest BCUT2D eigenvalue weighted by Crippen LogP contribution is -2.46. The molecule has 2 heterocycles. The van der Waals surface area contributed by atoms with Crippen molar-refractivity contribution in [3.8, 4) is 0 Å². The number of urea groups is 1. The first kappa shape index (κ1) is 20.5. The Morgan fingerprint density at radius 3 is 2.66 bits per heavy atom. The van der Waals surface area contributed by atoms with Crippen molar-refractivity contribution >= 4 is 34.9 Å². The molecule has 0 radical (unpaired) electrons. The summed E-state index contributed by atoms with van der Waals surface area (Å²) >= 11 is 12.7. The Balaban J connectivity index is 1.52. The summed E-state index contributed by atoms with van der Waals surface area (Å²) in [6.45, 7) is 5.48. The van der Waals surface area contributed by atoms with Gasteiger partial charge in [-0.25, -0.2) is 4.79 Å². The molecule has 154 valence electrons. The molecule has 0 bridgehead atoms. The van der Waals surface area contributed by atoms with Gasteiger partial charge in [0.05, 0.1) is 12.7 Å². The van der Waals surface area contributed by atoms with Crippen molar-refractivity contribution in [1.29, 1.82) is 0 Å². The van der Waals surface area contributed by atoms with Gasteiger partial charge in [0.2, 0.25) is 0 Å². The molecule has 2 aromatic rings. The molecule has 0 saturated carbocycles. The van der Waals surface area contributed by atoms with E-state index in [0.717, 1.165) is 24.3 Å². The van der Waals surface area contributed by atoms with Gasteiger partial charge in [0.15, 0.2) is 0 Å². The third kappa shape index (κ3) is 4.53. The molecule has 1 fully saturated rings. The smallest absolute Gasteiger partial charge is 0.322 e. The second-order valence-corrected chi connectivity index (χ2v) is 8.73. The first-order chi connectivity index (χ1) is 13.9. The number of halogens is 2. The normalized spacial score (nSPS) is 22.3. The maximum Gasteiger partial charge on any atom is 0.322 e. The number of nitrogens with zero attached hydrogens (tertiary/aromatic N) is 2. The van der Waals surface area contributed by atoms with E-state index < -0.39 is 0 Å². The molecule has 0 aliphatic carbocycles. The van der Waals surface area contributed by atoms with Gasteiger partial charge in [-0.2, -0.15) is 0 Å². The van der Waals surface area contributed by atoms with Crippen LogP contribution in [0.3, 0.4) is 0 Å². The number of carbonyl (C=O) groups is 1. The molecular weight excluding hydrogens is 409 g/mol. The van der Waals surface area contributed by atoms with E-state index in [-0.39, 0.29) is 18.1 Å². The van der Waals surface area contributed by atoms with Gasteiger partial charge in [-0.3, -0.25) is 0 Å². The third-order valence-electron chi connectivity index (χ3n) is 5.59. The second-order valence-electron chi connectivity index (χ2n) is 7.88. The predicted molar refractivity (Wildman–Crippen MR) is 117 cm³/mol. The standard InChI is InChI=1S/C22H25Cl2N3O2/c1-14-11-27(7-8-29-14)22(28)25-17-5-3-15(4-6-17)19-12-26(2)13-20-18(19)9-16(23)10-21(20)24/h3-6,9-10,14,19H,7-8,11-13H2,1-2H3,(H,25,28). The summed E-state index contributed by atoms with van der Waals surface area (Å²) in [5.74, 6) is 0.185. The Morgan fingerprint density at radius 1 is 1.17 bits per heavy atom. The van der Waals surface area contributed by atoms with Gasteiger partial charge in [0.25, 0.3) is 0 Å². The van der Waals surface area contributed by atoms with Crippen LogP contribution in [0.15, 0.2) is 36.4 Å². The van der Waals surface area contributed by atoms with Gasteiger partial charge in [0, 0.05) is 47.8 Å². The van der Waals surface area contributed by atoms with Crippen molar-refractivity contribution in [3.63, 3.8) is 0 Å². The van der Waals surface area contributed by atoms with Gasteiger partial charge in [-0.15, -0.1) is 0 Å². The van der Waals surface area contributed by atoms with E-state index in [2.05, 4.69) is 29.4 Å². The lowest BCUT2D eigenvalue weighted by atomic mass is 9.85. The number of carbonyl (C=O) groups excluding carboxylic acids is 1. The fraction of sp³-hybridized carbons (Fsp3) is 0.409. The second kappa shape index (κ2) is 8.52. The van der Waals surface area contributed by atoms with E-state index in [0.29, 0.717) is 29.7 Å². The SMILES string of the molecule is CC1CN(C(=O)Nc2ccc(C3CN(C)Cc4c(Cl)cc(Cl)cc43)cc2)CCO1. The minimum atomic E-state index is -0.0887. The molecule has 4 rings (SSSR count). The Morgan fingerprint density at radius 2 is 1.93 bits per heavy atom. The molecule has 2 aliphatic rings. The minimum Gasteiger partial charge on any atom is -0.375 e. The van der Waals surface area contributed by atoms with E-state index >= 15 is 0 Å². The Labute approximate surface area is 181 Å². The number of rotatable bonds is 2. The molecule has 7 heteroatoms. The van der Waals surface area contributed by atoms with Crippen LogP contribution in [0.5, 0.6) is 0 Å². The monoisotopic (exact) mass is 433 g/mol. The average molecular weight is 434 g/mol. The molecule has 29 heavy (non-hydrogen) atoms. The summed E-state index contributed by atoms with van der Waals surface area (Å²) in [6.07, 6.45) is 0.0684. The van der Waals surface area contributed by atoms with Crippen molar-refractivity contribution < 1.29 is 9.53 Å². The average Bonchev–Trinajstić information content (AvgIpc) is 2.69. The first-order valence-electron chi connectivity index (χ1n) is 9.84. The summed E-state index contributed by atoms with van der Waals surface area (Å²) < 4.78 is 5.50. The number of hydrogen-bond donors (Lipinski definition) is 1. The molecule has 5 nitrogen and oxygen atoms in total. The number of fused-ring (bicyclic) bond motifs is 1. The third-order valence-corrected chi connectivity index (χ3v) is 6.14. The predicted octanol–water partition coefficient (Wildman–Crippen LogP) is 4.82. The van der Waals surface area contributed by atoms with Crippen LogP contribution < -0.4 is 5.32 Å². The van der Waals surface area contributed by atoms with Crippen molar-refractivity contribution in [2.75, 3.05) is 38.6 Å². The quantitative estimate of drug-likeness (QED) is 0.737. The maximum atomic E-state index is 12.5. The number of nitrogens with one attached hydrogen (secondary N) is 1. The molecular formula is C22H25Cl2N3O2. The van der Waals surface area contributed by atoms with E-state index in [1.807, 2.05) is 31.2 Å². The van der Waals surface area contributed by atoms with E-state index in [1.165, 1.54) is 11.1 Å². The summed E-state index contributed by atoms with van der Waals surface area (Å²) in [6, 6.07) is 11.8. The summed E-state index contributed by atoms with van der Waals surface area (Å²) in [5, 5.41) is 4.36. The highest BCUT2D eigenvalue weighted by atomic mass is 35.5. The zero-order valence-corrected chi connectivity index (χ0v) is 18.1. The van der Waals surface area contributed by atoms with Crippen LogP contribution in [0, 0.1) is 0 Å². The van der Waals surface area contributed by atoms with Crippen LogP contribution in [-0.4, -0.2) is 55.2 Å². The van der Waals surface area contributed by atoms with Crippen LogP contribution >= 0.6 is 23.2 Å². The van der Waals surface area contributed by atoms with Crippen molar-refractivity contribution in [2.24, 2.45) is 0 Å². The molecule has 2 aromatic carbocycles. The van der Waals surface area contributed by atoms with E-state index in [4.69, 9.17) is 27.9 Å². The van der Waals surface area contributed by atoms with E-state index in [9.17, 15) is 4.79 Å². The van der Waals surface area contributed by atoms with Crippen molar-refractivity contribution in [2.45, 2.75) is 25.5 Å². The van der Waals surface area contributed by atoms with Crippen molar-refractivity contribution in [3.05, 3.63) is 63.1 Å². The van der Waals surface area contributed by atoms with Gasteiger partial charge >= 0.3 is 6.03 Å². The lowest BCUT2D eigenvalue weighted by molar-refractivity contribution is -0.00138. The molecule has 2 amide bonds. The molecule has 0 aromatic heterocycles. The molecule has 0 spiro atoms. The van der Waals surface area contributed by atoms with E-state index in [1.54, 1.807) is 4.90 Å². The highest BCUT2D eigenvalue weighted by Crippen LogP contribution is 2.38. The number of amides is 2. The van der Waals surface area contributed by atoms with Crippen LogP contribution in [0.25, 0.3) is 0 Å². The van der Waals surface area contributed by atoms with Crippen molar-refractivity contribution in [1.82, 2.24) is 9.80 Å². The van der Waals surface area contributed by atoms with Gasteiger partial charge in [-0.05, 0) is 54.9 Å². The fourth-order valence-corrected chi connectivity index (χ4v) is 4.70. The van der Waals surface area contributed by atoms with Crippen LogP contribution in [0.2, 0.25) is 10.0 Å². The van der Waals surface area contributed by atoms with Crippen LogP contribution in [0.4, 0.5) is 10.5 Å². The minimum absolute atomic E-state index is 0.0684. The number of morpholine rings is 1. The largest absolute Gasteiger partial charge is 0.375 e. The maximum absolute atomic E-state index is 12.5. The lowest BCUT2D eigenvalue weighted by Gasteiger charge is -2.33. The zero-order valence-electron chi connectivity index (χ0n) is 16.6. The van der Waals surface area contributed by atoms with Crippen LogP contribution in [-0.2, 0) is 11.3 Å². The summed E-state index contributed by atoms with van der Waals surface area (Å²) in [4.78, 5) is 16.6. The number of anilines is 1. The molecule has 1 saturated heterocycles. The van der Waals surface area contributed by atoms with Gasteiger partial charge in [-0.1, -0.05) is 35.3 Å². The molecule has 2 atom stereocenters. The topological polar surface area (TPSA) is 44.8 Å². The highest BCUT2D eigenvalue weighted by molar-refractivity contribution is 6.35. The van der Waals surface area contributed by atoms with Crippen LogP contribution in [0.1, 0.15) is 29.5 Å². The zero-order chi connectivity index (χ0) is 20.5. The number of ether oxygens (including phenoxy) is 1. The number of likely N-dealkylation sites (N-methyl/N-ethyl adjacent to an activating group) is 1. The number of benzene rings is 2. The number of hydrogen-bond acceptors (Lipinski definition) is 3. The fourth-order valence-electron chi connectivity index (χ4n) is 4.13. The summed E-state index contributed by atoms with van der Waals surface area (Å²) in [5.41, 5.74) is 4.27. The molecule has 2 unspecified atom stereocenters. The Kier molecular flexibility index (Phi) is 6.02. The first-order valence-corrected chi connectivity index (χ1v) is 10.6. The van der Waals surface area contributed by atoms with Gasteiger partial charge < -0.3 is 19.9 Å².